The zero-order valence-electron chi connectivity index (χ0n) is 29.2. The second kappa shape index (κ2) is 11.1. The van der Waals surface area contributed by atoms with Gasteiger partial charge >= 0.3 is 0 Å². The van der Waals surface area contributed by atoms with E-state index in [1.807, 2.05) is 72.8 Å². The van der Waals surface area contributed by atoms with Crippen LogP contribution in [0.15, 0.2) is 162 Å². The first-order valence-corrected chi connectivity index (χ1v) is 18.0. The maximum atomic E-state index is 6.67. The summed E-state index contributed by atoms with van der Waals surface area (Å²) in [6, 6.07) is 55.1. The van der Waals surface area contributed by atoms with Crippen LogP contribution in [0.3, 0.4) is 0 Å². The van der Waals surface area contributed by atoms with Crippen LogP contribution in [0, 0.1) is 0 Å². The van der Waals surface area contributed by atoms with Crippen LogP contribution >= 0.6 is 0 Å². The molecule has 1 aliphatic rings. The molecule has 0 spiro atoms. The molecule has 10 aromatic rings. The molecular weight excluding hydrogens is 649 g/mol. The Labute approximate surface area is 305 Å². The first-order chi connectivity index (χ1) is 26.0. The lowest BCUT2D eigenvalue weighted by molar-refractivity contribution is 0.661. The Bertz CT molecular complexity index is 3020. The molecule has 0 radical (unpaired) electrons. The van der Waals surface area contributed by atoms with E-state index in [0.717, 1.165) is 55.3 Å². The maximum absolute atomic E-state index is 6.67. The molecule has 0 atom stereocenters. The standard InChI is InChI=1S/C48H32N4O/c1-48(2)36-22-12-9-19-32(36)43-37(48)25-26-39-44(43)33-20-10-13-23-38(33)52(39)31-27-35(42-34-21-11-14-24-40(34)53-41(42)28-31)47-50-45(29-15-5-3-6-16-29)49-46(51-47)30-17-7-4-8-18-30/h3-28H,1-2H3. The molecule has 7 aromatic carbocycles. The van der Waals surface area contributed by atoms with Crippen molar-refractivity contribution in [1.29, 1.82) is 0 Å². The van der Waals surface area contributed by atoms with Crippen molar-refractivity contribution in [1.82, 2.24) is 19.5 Å². The molecule has 11 rings (SSSR count). The van der Waals surface area contributed by atoms with Gasteiger partial charge in [0.25, 0.3) is 0 Å². The van der Waals surface area contributed by atoms with Crippen LogP contribution in [0.4, 0.5) is 0 Å². The molecule has 53 heavy (non-hydrogen) atoms. The van der Waals surface area contributed by atoms with Gasteiger partial charge in [-0.15, -0.1) is 0 Å². The van der Waals surface area contributed by atoms with Crippen LogP contribution in [-0.4, -0.2) is 19.5 Å². The summed E-state index contributed by atoms with van der Waals surface area (Å²) in [6.45, 7) is 4.68. The number of hydrogen-bond donors (Lipinski definition) is 0. The van der Waals surface area contributed by atoms with Crippen LogP contribution < -0.4 is 0 Å². The van der Waals surface area contributed by atoms with E-state index in [-0.39, 0.29) is 5.41 Å². The number of aromatic nitrogens is 4. The summed E-state index contributed by atoms with van der Waals surface area (Å²) < 4.78 is 9.05. The molecule has 0 fully saturated rings. The third-order valence-corrected chi connectivity index (χ3v) is 11.0. The first-order valence-electron chi connectivity index (χ1n) is 18.0. The van der Waals surface area contributed by atoms with Crippen molar-refractivity contribution in [2.45, 2.75) is 19.3 Å². The monoisotopic (exact) mass is 680 g/mol. The van der Waals surface area contributed by atoms with Gasteiger partial charge in [-0.1, -0.05) is 141 Å². The molecule has 250 valence electrons. The van der Waals surface area contributed by atoms with E-state index < -0.39 is 0 Å². The molecular formula is C48H32N4O. The molecule has 3 aromatic heterocycles. The highest BCUT2D eigenvalue weighted by Gasteiger charge is 2.37. The van der Waals surface area contributed by atoms with Crippen LogP contribution in [0.5, 0.6) is 0 Å². The summed E-state index contributed by atoms with van der Waals surface area (Å²) >= 11 is 0. The fraction of sp³-hybridized carbons (Fsp3) is 0.0625. The lowest BCUT2D eigenvalue weighted by Crippen LogP contribution is -2.14. The summed E-state index contributed by atoms with van der Waals surface area (Å²) in [4.78, 5) is 15.4. The summed E-state index contributed by atoms with van der Waals surface area (Å²) in [5.74, 6) is 1.83. The van der Waals surface area contributed by atoms with E-state index in [9.17, 15) is 0 Å². The molecule has 0 N–H and O–H groups in total. The third-order valence-electron chi connectivity index (χ3n) is 11.0. The van der Waals surface area contributed by atoms with Crippen LogP contribution in [-0.2, 0) is 5.41 Å². The zero-order chi connectivity index (χ0) is 35.3. The Hall–Kier alpha value is -6.85. The Morgan fingerprint density at radius 1 is 0.472 bits per heavy atom. The SMILES string of the molecule is CC1(C)c2ccccc2-c2c1ccc1c2c2ccccc2n1-c1cc(-c2nc(-c3ccccc3)nc(-c3ccccc3)n2)c2c(c1)oc1ccccc12. The average Bonchev–Trinajstić information content (AvgIpc) is 3.83. The van der Waals surface area contributed by atoms with Gasteiger partial charge in [0.2, 0.25) is 0 Å². The van der Waals surface area contributed by atoms with Crippen molar-refractivity contribution < 1.29 is 4.42 Å². The van der Waals surface area contributed by atoms with E-state index in [1.54, 1.807) is 0 Å². The number of nitrogens with zero attached hydrogens (tertiary/aromatic N) is 4. The minimum absolute atomic E-state index is 0.102. The number of benzene rings is 7. The summed E-state index contributed by atoms with van der Waals surface area (Å²) in [5.41, 5.74) is 12.8. The lowest BCUT2D eigenvalue weighted by atomic mass is 9.82. The van der Waals surface area contributed by atoms with Gasteiger partial charge in [-0.3, -0.25) is 0 Å². The molecule has 5 heteroatoms. The van der Waals surface area contributed by atoms with Gasteiger partial charge < -0.3 is 8.98 Å². The highest BCUT2D eigenvalue weighted by Crippen LogP contribution is 2.53. The van der Waals surface area contributed by atoms with Crippen LogP contribution in [0.25, 0.3) is 94.7 Å². The molecule has 3 heterocycles. The molecule has 5 nitrogen and oxygen atoms in total. The molecule has 0 amide bonds. The van der Waals surface area contributed by atoms with Crippen LogP contribution in [0.1, 0.15) is 25.0 Å². The number of hydrogen-bond acceptors (Lipinski definition) is 4. The fourth-order valence-electron chi connectivity index (χ4n) is 8.60. The predicted molar refractivity (Wildman–Crippen MR) is 215 cm³/mol. The minimum atomic E-state index is -0.102. The van der Waals surface area contributed by atoms with Gasteiger partial charge in [0.05, 0.1) is 16.7 Å². The van der Waals surface area contributed by atoms with Crippen molar-refractivity contribution in [2.24, 2.45) is 0 Å². The van der Waals surface area contributed by atoms with Gasteiger partial charge in [-0.05, 0) is 46.5 Å². The largest absolute Gasteiger partial charge is 0.456 e. The quantitative estimate of drug-likeness (QED) is 0.186. The normalized spacial score (nSPS) is 13.2. The number of rotatable bonds is 4. The van der Waals surface area contributed by atoms with Crippen LogP contribution in [0.2, 0.25) is 0 Å². The van der Waals surface area contributed by atoms with Gasteiger partial charge in [-0.2, -0.15) is 0 Å². The van der Waals surface area contributed by atoms with Crippen molar-refractivity contribution >= 4 is 43.7 Å². The zero-order valence-corrected chi connectivity index (χ0v) is 29.2. The van der Waals surface area contributed by atoms with E-state index in [4.69, 9.17) is 19.4 Å². The predicted octanol–water partition coefficient (Wildman–Crippen LogP) is 12.2. The van der Waals surface area contributed by atoms with Crippen molar-refractivity contribution in [3.05, 3.63) is 169 Å². The van der Waals surface area contributed by atoms with E-state index >= 15 is 0 Å². The Morgan fingerprint density at radius 3 is 1.85 bits per heavy atom. The third kappa shape index (κ3) is 4.34. The average molecular weight is 681 g/mol. The van der Waals surface area contributed by atoms with E-state index in [0.29, 0.717) is 17.5 Å². The van der Waals surface area contributed by atoms with E-state index in [1.165, 1.54) is 33.0 Å². The highest BCUT2D eigenvalue weighted by molar-refractivity contribution is 6.18. The molecule has 0 bridgehead atoms. The Balaban J connectivity index is 1.25. The lowest BCUT2D eigenvalue weighted by Gasteiger charge is -2.21. The van der Waals surface area contributed by atoms with Gasteiger partial charge in [0, 0.05) is 49.7 Å². The Morgan fingerprint density at radius 2 is 1.09 bits per heavy atom. The van der Waals surface area contributed by atoms with Crippen molar-refractivity contribution in [3.63, 3.8) is 0 Å². The summed E-state index contributed by atoms with van der Waals surface area (Å²) in [7, 11) is 0. The molecule has 0 saturated heterocycles. The van der Waals surface area contributed by atoms with Gasteiger partial charge in [0.15, 0.2) is 17.5 Å². The topological polar surface area (TPSA) is 56.7 Å². The molecule has 0 aliphatic heterocycles. The smallest absolute Gasteiger partial charge is 0.164 e. The first kappa shape index (κ1) is 29.8. The fourth-order valence-corrected chi connectivity index (χ4v) is 8.60. The number of fused-ring (bicyclic) bond motifs is 10. The maximum Gasteiger partial charge on any atom is 0.164 e. The number of para-hydroxylation sites is 2. The van der Waals surface area contributed by atoms with E-state index in [2.05, 4.69) is 103 Å². The van der Waals surface area contributed by atoms with Gasteiger partial charge in [0.1, 0.15) is 11.2 Å². The van der Waals surface area contributed by atoms with Gasteiger partial charge in [-0.25, -0.2) is 15.0 Å². The molecule has 0 saturated carbocycles. The summed E-state index contributed by atoms with van der Waals surface area (Å²) in [5, 5.41) is 4.48. The second-order valence-electron chi connectivity index (χ2n) is 14.4. The second-order valence-corrected chi connectivity index (χ2v) is 14.4. The molecule has 0 unspecified atom stereocenters. The number of furan rings is 1. The minimum Gasteiger partial charge on any atom is -0.456 e. The highest BCUT2D eigenvalue weighted by atomic mass is 16.3. The summed E-state index contributed by atoms with van der Waals surface area (Å²) in [6.07, 6.45) is 0. The van der Waals surface area contributed by atoms with Crippen molar-refractivity contribution in [2.75, 3.05) is 0 Å². The Kier molecular flexibility index (Phi) is 6.23. The van der Waals surface area contributed by atoms with Crippen molar-refractivity contribution in [3.8, 4) is 51.0 Å². The molecule has 1 aliphatic carbocycles.